The zero-order chi connectivity index (χ0) is 18.1. The van der Waals surface area contributed by atoms with Gasteiger partial charge in [-0.3, -0.25) is 9.59 Å². The van der Waals surface area contributed by atoms with Gasteiger partial charge in [0.05, 0.1) is 11.4 Å². The summed E-state index contributed by atoms with van der Waals surface area (Å²) in [5.74, 6) is -0.533. The first-order chi connectivity index (χ1) is 12.6. The zero-order valence-electron chi connectivity index (χ0n) is 14.3. The standard InChI is InChI=1S/C20H20FN3O2/c21-15-7-4-13(5-8-15)12-22-19(25)14-6-9-17-16(11-14)23-20(26)18-3-1-2-10-24(17)18/h4-9,11,18H,1-3,10,12H2,(H,22,25)(H,23,26)/t18-/m1/s1. The Morgan fingerprint density at radius 3 is 2.81 bits per heavy atom. The maximum absolute atomic E-state index is 12.9. The number of amides is 2. The van der Waals surface area contributed by atoms with Crippen molar-refractivity contribution in [3.05, 3.63) is 59.4 Å². The quantitative estimate of drug-likeness (QED) is 0.891. The molecule has 2 aromatic rings. The summed E-state index contributed by atoms with van der Waals surface area (Å²) in [5.41, 5.74) is 2.97. The Kier molecular flexibility index (Phi) is 4.32. The van der Waals surface area contributed by atoms with Gasteiger partial charge in [0.2, 0.25) is 5.91 Å². The molecule has 0 aliphatic carbocycles. The predicted molar refractivity (Wildman–Crippen MR) is 97.6 cm³/mol. The van der Waals surface area contributed by atoms with Gasteiger partial charge in [-0.25, -0.2) is 4.39 Å². The summed E-state index contributed by atoms with van der Waals surface area (Å²) in [4.78, 5) is 26.9. The van der Waals surface area contributed by atoms with E-state index in [2.05, 4.69) is 15.5 Å². The van der Waals surface area contributed by atoms with E-state index >= 15 is 0 Å². The van der Waals surface area contributed by atoms with E-state index in [4.69, 9.17) is 0 Å². The number of fused-ring (bicyclic) bond motifs is 3. The Labute approximate surface area is 151 Å². The van der Waals surface area contributed by atoms with Crippen molar-refractivity contribution in [3.63, 3.8) is 0 Å². The van der Waals surface area contributed by atoms with E-state index in [0.717, 1.165) is 37.1 Å². The minimum Gasteiger partial charge on any atom is -0.358 e. The largest absolute Gasteiger partial charge is 0.358 e. The number of benzene rings is 2. The van der Waals surface area contributed by atoms with Crippen LogP contribution in [0.15, 0.2) is 42.5 Å². The molecule has 2 heterocycles. The Balaban J connectivity index is 1.50. The Bertz CT molecular complexity index is 851. The van der Waals surface area contributed by atoms with E-state index in [1.807, 2.05) is 6.07 Å². The number of hydrogen-bond acceptors (Lipinski definition) is 3. The Morgan fingerprint density at radius 1 is 1.19 bits per heavy atom. The number of anilines is 2. The predicted octanol–water partition coefficient (Wildman–Crippen LogP) is 3.07. The van der Waals surface area contributed by atoms with Crippen LogP contribution in [0, 0.1) is 5.82 Å². The van der Waals surface area contributed by atoms with Crippen LogP contribution in [0.25, 0.3) is 0 Å². The second kappa shape index (κ2) is 6.78. The molecule has 0 saturated carbocycles. The van der Waals surface area contributed by atoms with E-state index in [0.29, 0.717) is 17.8 Å². The topological polar surface area (TPSA) is 61.4 Å². The van der Waals surface area contributed by atoms with Crippen LogP contribution in [-0.2, 0) is 11.3 Å². The van der Waals surface area contributed by atoms with E-state index in [1.165, 1.54) is 12.1 Å². The highest BCUT2D eigenvalue weighted by molar-refractivity contribution is 6.05. The van der Waals surface area contributed by atoms with E-state index in [9.17, 15) is 14.0 Å². The van der Waals surface area contributed by atoms with Crippen molar-refractivity contribution in [2.45, 2.75) is 31.8 Å². The van der Waals surface area contributed by atoms with Crippen molar-refractivity contribution in [1.82, 2.24) is 5.32 Å². The monoisotopic (exact) mass is 353 g/mol. The smallest absolute Gasteiger partial charge is 0.251 e. The molecule has 2 aromatic carbocycles. The maximum atomic E-state index is 12.9. The Hall–Kier alpha value is -2.89. The molecule has 2 aliphatic rings. The summed E-state index contributed by atoms with van der Waals surface area (Å²) >= 11 is 0. The molecule has 2 aliphatic heterocycles. The second-order valence-electron chi connectivity index (χ2n) is 6.74. The van der Waals surface area contributed by atoms with Gasteiger partial charge < -0.3 is 15.5 Å². The number of piperidine rings is 1. The normalized spacial score (nSPS) is 18.6. The van der Waals surface area contributed by atoms with E-state index < -0.39 is 0 Å². The number of carbonyl (C=O) groups is 2. The summed E-state index contributed by atoms with van der Waals surface area (Å²) in [6.45, 7) is 1.18. The fourth-order valence-electron chi connectivity index (χ4n) is 3.62. The van der Waals surface area contributed by atoms with Crippen LogP contribution in [0.1, 0.15) is 35.2 Å². The van der Waals surface area contributed by atoms with Crippen molar-refractivity contribution in [1.29, 1.82) is 0 Å². The number of rotatable bonds is 3. The van der Waals surface area contributed by atoms with Gasteiger partial charge in [0.1, 0.15) is 11.9 Å². The summed E-state index contributed by atoms with van der Waals surface area (Å²) in [6.07, 6.45) is 3.00. The first-order valence-corrected chi connectivity index (χ1v) is 8.86. The molecule has 0 spiro atoms. The van der Waals surface area contributed by atoms with Gasteiger partial charge in [-0.15, -0.1) is 0 Å². The van der Waals surface area contributed by atoms with Gasteiger partial charge in [-0.2, -0.15) is 0 Å². The first-order valence-electron chi connectivity index (χ1n) is 8.86. The number of hydrogen-bond donors (Lipinski definition) is 2. The lowest BCUT2D eigenvalue weighted by molar-refractivity contribution is -0.118. The third kappa shape index (κ3) is 3.14. The molecule has 4 rings (SSSR count). The molecular weight excluding hydrogens is 333 g/mol. The molecule has 134 valence electrons. The molecule has 6 heteroatoms. The highest BCUT2D eigenvalue weighted by atomic mass is 19.1. The molecular formula is C20H20FN3O2. The average Bonchev–Trinajstić information content (AvgIpc) is 2.67. The van der Waals surface area contributed by atoms with Crippen LogP contribution >= 0.6 is 0 Å². The molecule has 1 atom stereocenters. The third-order valence-electron chi connectivity index (χ3n) is 5.00. The fraction of sp³-hybridized carbons (Fsp3) is 0.300. The molecule has 0 bridgehead atoms. The van der Waals surface area contributed by atoms with E-state index in [-0.39, 0.29) is 23.7 Å². The average molecular weight is 353 g/mol. The third-order valence-corrected chi connectivity index (χ3v) is 5.00. The van der Waals surface area contributed by atoms with Gasteiger partial charge in [0.25, 0.3) is 5.91 Å². The summed E-state index contributed by atoms with van der Waals surface area (Å²) in [5, 5.41) is 5.75. The zero-order valence-corrected chi connectivity index (χ0v) is 14.3. The molecule has 0 radical (unpaired) electrons. The van der Waals surface area contributed by atoms with Crippen LogP contribution in [0.2, 0.25) is 0 Å². The molecule has 2 N–H and O–H groups in total. The van der Waals surface area contributed by atoms with Crippen molar-refractivity contribution < 1.29 is 14.0 Å². The van der Waals surface area contributed by atoms with Crippen molar-refractivity contribution >= 4 is 23.2 Å². The van der Waals surface area contributed by atoms with Crippen LogP contribution in [0.5, 0.6) is 0 Å². The van der Waals surface area contributed by atoms with Gasteiger partial charge in [0, 0.05) is 18.7 Å². The highest BCUT2D eigenvalue weighted by Gasteiger charge is 2.34. The van der Waals surface area contributed by atoms with Gasteiger partial charge in [-0.1, -0.05) is 12.1 Å². The van der Waals surface area contributed by atoms with Gasteiger partial charge >= 0.3 is 0 Å². The summed E-state index contributed by atoms with van der Waals surface area (Å²) < 4.78 is 12.9. The summed E-state index contributed by atoms with van der Waals surface area (Å²) in [6, 6.07) is 11.3. The van der Waals surface area contributed by atoms with Crippen LogP contribution in [0.4, 0.5) is 15.8 Å². The minimum atomic E-state index is -0.304. The van der Waals surface area contributed by atoms with Gasteiger partial charge in [0.15, 0.2) is 0 Å². The SMILES string of the molecule is O=C(NCc1ccc(F)cc1)c1ccc2c(c1)NC(=O)[C@H]1CCCCN21. The lowest BCUT2D eigenvalue weighted by Gasteiger charge is -2.41. The molecule has 1 saturated heterocycles. The van der Waals surface area contributed by atoms with Crippen LogP contribution < -0.4 is 15.5 Å². The lowest BCUT2D eigenvalue weighted by Crippen LogP contribution is -2.50. The highest BCUT2D eigenvalue weighted by Crippen LogP contribution is 2.36. The minimum absolute atomic E-state index is 0.000991. The van der Waals surface area contributed by atoms with E-state index in [1.54, 1.807) is 24.3 Å². The van der Waals surface area contributed by atoms with Crippen LogP contribution in [0.3, 0.4) is 0 Å². The van der Waals surface area contributed by atoms with Crippen molar-refractivity contribution in [2.24, 2.45) is 0 Å². The van der Waals surface area contributed by atoms with Crippen LogP contribution in [-0.4, -0.2) is 24.4 Å². The molecule has 2 amide bonds. The number of nitrogens with one attached hydrogen (secondary N) is 2. The van der Waals surface area contributed by atoms with Crippen molar-refractivity contribution in [2.75, 3.05) is 16.8 Å². The fourth-order valence-corrected chi connectivity index (χ4v) is 3.62. The number of halogens is 1. The first kappa shape index (κ1) is 16.6. The molecule has 1 fully saturated rings. The number of carbonyl (C=O) groups excluding carboxylic acids is 2. The van der Waals surface area contributed by atoms with Crippen molar-refractivity contribution in [3.8, 4) is 0 Å². The summed E-state index contributed by atoms with van der Waals surface area (Å²) in [7, 11) is 0. The molecule has 26 heavy (non-hydrogen) atoms. The van der Waals surface area contributed by atoms with Gasteiger partial charge in [-0.05, 0) is 55.2 Å². The maximum Gasteiger partial charge on any atom is 0.251 e. The lowest BCUT2D eigenvalue weighted by atomic mass is 9.97. The number of nitrogens with zero attached hydrogens (tertiary/aromatic N) is 1. The molecule has 0 aromatic heterocycles. The molecule has 5 nitrogen and oxygen atoms in total. The molecule has 0 unspecified atom stereocenters. The Morgan fingerprint density at radius 2 is 2.00 bits per heavy atom. The second-order valence-corrected chi connectivity index (χ2v) is 6.74.